The number of benzene rings is 1. The molecule has 0 bridgehead atoms. The van der Waals surface area contributed by atoms with Gasteiger partial charge in [-0.2, -0.15) is 0 Å². The van der Waals surface area contributed by atoms with Crippen LogP contribution in [0.3, 0.4) is 0 Å². The van der Waals surface area contributed by atoms with Crippen LogP contribution in [0.1, 0.15) is 43.7 Å². The van der Waals surface area contributed by atoms with E-state index in [0.717, 1.165) is 18.4 Å². The molecule has 1 aromatic carbocycles. The Balaban J connectivity index is 1.39. The van der Waals surface area contributed by atoms with E-state index in [1.807, 2.05) is 0 Å². The summed E-state index contributed by atoms with van der Waals surface area (Å²) in [6, 6.07) is 7.02. The molecule has 2 fully saturated rings. The summed E-state index contributed by atoms with van der Waals surface area (Å²) >= 11 is 0. The quantitative estimate of drug-likeness (QED) is 0.891. The first-order valence-corrected chi connectivity index (χ1v) is 9.95. The van der Waals surface area contributed by atoms with Crippen molar-refractivity contribution in [2.45, 2.75) is 44.9 Å². The van der Waals surface area contributed by atoms with Crippen LogP contribution in [0.5, 0.6) is 0 Å². The first-order chi connectivity index (χ1) is 11.7. The third-order valence-electron chi connectivity index (χ3n) is 6.97. The summed E-state index contributed by atoms with van der Waals surface area (Å²) in [6.45, 7) is 12.1. The monoisotopic (exact) mass is 327 g/mol. The highest BCUT2D eigenvalue weighted by molar-refractivity contribution is 5.62. The van der Waals surface area contributed by atoms with Crippen molar-refractivity contribution in [1.82, 2.24) is 10.2 Å². The van der Waals surface area contributed by atoms with Crippen LogP contribution in [0.4, 0.5) is 5.69 Å². The second-order valence-electron chi connectivity index (χ2n) is 8.49. The van der Waals surface area contributed by atoms with E-state index in [1.165, 1.54) is 69.7 Å². The molecule has 1 aromatic rings. The first kappa shape index (κ1) is 16.4. The molecule has 2 N–H and O–H groups in total. The zero-order valence-electron chi connectivity index (χ0n) is 15.4. The molecule has 3 aliphatic heterocycles. The number of nitrogens with zero attached hydrogens (tertiary/aromatic N) is 1. The molecule has 2 saturated heterocycles. The lowest BCUT2D eigenvalue weighted by Crippen LogP contribution is -2.50. The van der Waals surface area contributed by atoms with Gasteiger partial charge < -0.3 is 15.5 Å². The van der Waals surface area contributed by atoms with Gasteiger partial charge in [-0.3, -0.25) is 0 Å². The number of hydrogen-bond acceptors (Lipinski definition) is 3. The van der Waals surface area contributed by atoms with Gasteiger partial charge in [-0.05, 0) is 87.8 Å². The van der Waals surface area contributed by atoms with Gasteiger partial charge in [0.2, 0.25) is 0 Å². The summed E-state index contributed by atoms with van der Waals surface area (Å²) in [7, 11) is 0. The van der Waals surface area contributed by atoms with E-state index in [0.29, 0.717) is 5.41 Å². The summed E-state index contributed by atoms with van der Waals surface area (Å²) in [5, 5.41) is 7.19. The van der Waals surface area contributed by atoms with Crippen molar-refractivity contribution in [3.63, 3.8) is 0 Å². The Labute approximate surface area is 147 Å². The predicted molar refractivity (Wildman–Crippen MR) is 102 cm³/mol. The summed E-state index contributed by atoms with van der Waals surface area (Å²) < 4.78 is 0. The van der Waals surface area contributed by atoms with Gasteiger partial charge in [-0.15, -0.1) is 0 Å². The van der Waals surface area contributed by atoms with Crippen molar-refractivity contribution in [3.05, 3.63) is 29.3 Å². The average Bonchev–Trinajstić information content (AvgIpc) is 2.96. The minimum absolute atomic E-state index is 0.369. The van der Waals surface area contributed by atoms with Gasteiger partial charge in [0.25, 0.3) is 0 Å². The Morgan fingerprint density at radius 2 is 2.08 bits per heavy atom. The van der Waals surface area contributed by atoms with Crippen LogP contribution in [-0.4, -0.2) is 44.2 Å². The third-order valence-corrected chi connectivity index (χ3v) is 6.97. The molecule has 3 nitrogen and oxygen atoms in total. The summed E-state index contributed by atoms with van der Waals surface area (Å²) in [5.41, 5.74) is 4.71. The highest BCUT2D eigenvalue weighted by Crippen LogP contribution is 2.47. The average molecular weight is 328 g/mol. The Morgan fingerprint density at radius 3 is 2.88 bits per heavy atom. The molecular weight excluding hydrogens is 294 g/mol. The number of nitrogens with one attached hydrogen (secondary N) is 2. The van der Waals surface area contributed by atoms with E-state index < -0.39 is 0 Å². The fraction of sp³-hybridized carbons (Fsp3) is 0.714. The molecule has 4 rings (SSSR count). The van der Waals surface area contributed by atoms with Crippen molar-refractivity contribution >= 4 is 5.69 Å². The Bertz CT molecular complexity index is 578. The molecule has 0 radical (unpaired) electrons. The lowest BCUT2D eigenvalue weighted by Gasteiger charge is -2.45. The van der Waals surface area contributed by atoms with Gasteiger partial charge in [0.15, 0.2) is 0 Å². The van der Waals surface area contributed by atoms with E-state index in [-0.39, 0.29) is 0 Å². The second-order valence-corrected chi connectivity index (χ2v) is 8.49. The minimum atomic E-state index is 0.369. The summed E-state index contributed by atoms with van der Waals surface area (Å²) in [6.07, 6.45) is 5.47. The molecule has 3 heteroatoms. The molecule has 1 spiro atoms. The molecule has 0 unspecified atom stereocenters. The van der Waals surface area contributed by atoms with E-state index >= 15 is 0 Å². The maximum Gasteiger partial charge on any atom is 0.0382 e. The topological polar surface area (TPSA) is 27.3 Å². The van der Waals surface area contributed by atoms with E-state index in [9.17, 15) is 0 Å². The maximum atomic E-state index is 3.70. The lowest BCUT2D eigenvalue weighted by molar-refractivity contribution is 0.104. The molecule has 132 valence electrons. The van der Waals surface area contributed by atoms with Crippen LogP contribution in [0.15, 0.2) is 18.2 Å². The van der Waals surface area contributed by atoms with Crippen molar-refractivity contribution < 1.29 is 0 Å². The lowest BCUT2D eigenvalue weighted by atomic mass is 9.67. The molecule has 0 aromatic heterocycles. The van der Waals surface area contributed by atoms with Crippen molar-refractivity contribution in [2.24, 2.45) is 11.8 Å². The zero-order valence-corrected chi connectivity index (χ0v) is 15.4. The van der Waals surface area contributed by atoms with Gasteiger partial charge in [0.1, 0.15) is 0 Å². The van der Waals surface area contributed by atoms with E-state index in [4.69, 9.17) is 0 Å². The Hall–Kier alpha value is -1.06. The van der Waals surface area contributed by atoms with E-state index in [2.05, 4.69) is 47.6 Å². The molecule has 0 aliphatic carbocycles. The predicted octanol–water partition coefficient (Wildman–Crippen LogP) is 3.39. The van der Waals surface area contributed by atoms with Gasteiger partial charge in [-0.1, -0.05) is 19.1 Å². The van der Waals surface area contributed by atoms with E-state index in [1.54, 1.807) is 5.56 Å². The number of likely N-dealkylation sites (tertiary alicyclic amines) is 1. The SMILES string of the molecule is Cc1ccc2c(c1)NC[C@]21CCN(CCC2CCNCC2)C[C@H]1C. The molecule has 24 heavy (non-hydrogen) atoms. The number of rotatable bonds is 3. The second kappa shape index (κ2) is 6.68. The van der Waals surface area contributed by atoms with Gasteiger partial charge in [-0.25, -0.2) is 0 Å². The Morgan fingerprint density at radius 1 is 1.25 bits per heavy atom. The largest absolute Gasteiger partial charge is 0.384 e. The maximum absolute atomic E-state index is 3.70. The fourth-order valence-corrected chi connectivity index (χ4v) is 5.25. The standard InChI is InChI=1S/C21H33N3/c1-16-3-4-19-20(13-16)23-15-21(19)8-12-24(14-17(21)2)11-7-18-5-9-22-10-6-18/h3-4,13,17-18,22-23H,5-12,14-15H2,1-2H3/t17-,21+/m1/s1. The number of piperidine rings is 2. The molecule has 0 amide bonds. The van der Waals surface area contributed by atoms with Crippen molar-refractivity contribution in [2.75, 3.05) is 44.6 Å². The van der Waals surface area contributed by atoms with Crippen LogP contribution < -0.4 is 10.6 Å². The number of aryl methyl sites for hydroxylation is 1. The highest BCUT2D eigenvalue weighted by Gasteiger charge is 2.46. The normalized spacial score (nSPS) is 31.2. The van der Waals surface area contributed by atoms with Crippen molar-refractivity contribution in [1.29, 1.82) is 0 Å². The van der Waals surface area contributed by atoms with Crippen LogP contribution in [-0.2, 0) is 5.41 Å². The first-order valence-electron chi connectivity index (χ1n) is 9.95. The summed E-state index contributed by atoms with van der Waals surface area (Å²) in [5.74, 6) is 1.69. The molecule has 0 saturated carbocycles. The molecular formula is C21H33N3. The molecule has 3 aliphatic rings. The smallest absolute Gasteiger partial charge is 0.0382 e. The highest BCUT2D eigenvalue weighted by atomic mass is 15.1. The van der Waals surface area contributed by atoms with Crippen LogP contribution in [0.2, 0.25) is 0 Å². The minimum Gasteiger partial charge on any atom is -0.384 e. The zero-order chi connectivity index (χ0) is 16.6. The summed E-state index contributed by atoms with van der Waals surface area (Å²) in [4.78, 5) is 2.74. The molecule has 2 atom stereocenters. The van der Waals surface area contributed by atoms with Crippen LogP contribution in [0.25, 0.3) is 0 Å². The van der Waals surface area contributed by atoms with Gasteiger partial charge in [0, 0.05) is 24.2 Å². The fourth-order valence-electron chi connectivity index (χ4n) is 5.25. The van der Waals surface area contributed by atoms with Gasteiger partial charge >= 0.3 is 0 Å². The Kier molecular flexibility index (Phi) is 4.57. The van der Waals surface area contributed by atoms with Crippen LogP contribution in [0, 0.1) is 18.8 Å². The van der Waals surface area contributed by atoms with Gasteiger partial charge in [0.05, 0.1) is 0 Å². The number of hydrogen-bond donors (Lipinski definition) is 2. The van der Waals surface area contributed by atoms with Crippen molar-refractivity contribution in [3.8, 4) is 0 Å². The third kappa shape index (κ3) is 2.97. The molecule has 3 heterocycles. The van der Waals surface area contributed by atoms with Crippen LogP contribution >= 0.6 is 0 Å². The number of fused-ring (bicyclic) bond motifs is 2. The number of anilines is 1.